The zero-order chi connectivity index (χ0) is 18.2. The first-order valence-electron chi connectivity index (χ1n) is 8.82. The Labute approximate surface area is 159 Å². The molecule has 3 aromatic rings. The van der Waals surface area contributed by atoms with Gasteiger partial charge in [0.2, 0.25) is 0 Å². The van der Waals surface area contributed by atoms with E-state index in [1.807, 2.05) is 60.7 Å². The van der Waals surface area contributed by atoms with Crippen LogP contribution in [0.4, 0.5) is 0 Å². The van der Waals surface area contributed by atoms with Crippen molar-refractivity contribution in [2.45, 2.75) is 23.5 Å². The molecule has 1 N–H and O–H groups in total. The summed E-state index contributed by atoms with van der Waals surface area (Å²) in [6, 6.07) is 28.5. The van der Waals surface area contributed by atoms with Crippen LogP contribution >= 0.6 is 11.8 Å². The van der Waals surface area contributed by atoms with Crippen molar-refractivity contribution in [1.82, 2.24) is 5.32 Å². The molecule has 0 aliphatic carbocycles. The van der Waals surface area contributed by atoms with Crippen molar-refractivity contribution in [1.29, 1.82) is 0 Å². The summed E-state index contributed by atoms with van der Waals surface area (Å²) in [4.78, 5) is 13.6. The zero-order valence-corrected chi connectivity index (χ0v) is 15.7. The molecule has 2 nitrogen and oxygen atoms in total. The van der Waals surface area contributed by atoms with E-state index in [0.717, 1.165) is 5.75 Å². The molecule has 0 aliphatic rings. The number of carbonyl (C=O) groups excluding carboxylic acids is 1. The van der Waals surface area contributed by atoms with Crippen LogP contribution in [-0.2, 0) is 5.75 Å². The average molecular weight is 362 g/mol. The number of benzene rings is 3. The molecule has 3 aromatic carbocycles. The van der Waals surface area contributed by atoms with Crippen molar-refractivity contribution < 1.29 is 4.79 Å². The molecule has 26 heavy (non-hydrogen) atoms. The summed E-state index contributed by atoms with van der Waals surface area (Å²) in [5.41, 5.74) is 3.16. The largest absolute Gasteiger partial charge is 0.351 e. The Morgan fingerprint density at radius 3 is 2.15 bits per heavy atom. The Morgan fingerprint density at radius 1 is 0.885 bits per heavy atom. The number of hydrogen-bond acceptors (Lipinski definition) is 2. The fourth-order valence-electron chi connectivity index (χ4n) is 2.68. The van der Waals surface area contributed by atoms with Gasteiger partial charge in [0, 0.05) is 22.8 Å². The lowest BCUT2D eigenvalue weighted by molar-refractivity contribution is 0.0951. The van der Waals surface area contributed by atoms with Gasteiger partial charge in [0.15, 0.2) is 0 Å². The average Bonchev–Trinajstić information content (AvgIpc) is 2.72. The summed E-state index contributed by atoms with van der Waals surface area (Å²) in [5, 5.41) is 3.03. The van der Waals surface area contributed by atoms with Crippen LogP contribution < -0.4 is 5.32 Å². The van der Waals surface area contributed by atoms with Gasteiger partial charge >= 0.3 is 0 Å². The first-order valence-corrected chi connectivity index (χ1v) is 9.81. The van der Waals surface area contributed by atoms with E-state index >= 15 is 0 Å². The van der Waals surface area contributed by atoms with Gasteiger partial charge in [-0.25, -0.2) is 0 Å². The van der Waals surface area contributed by atoms with E-state index in [2.05, 4.69) is 36.5 Å². The molecule has 0 aromatic heterocycles. The first-order chi connectivity index (χ1) is 12.7. The topological polar surface area (TPSA) is 29.1 Å². The minimum absolute atomic E-state index is 0.0185. The molecule has 0 saturated carbocycles. The van der Waals surface area contributed by atoms with Gasteiger partial charge in [-0.15, -0.1) is 11.8 Å². The highest BCUT2D eigenvalue weighted by atomic mass is 32.2. The Bertz CT molecular complexity index is 816. The quantitative estimate of drug-likeness (QED) is 0.562. The molecular formula is C23H23NOS. The fraction of sp³-hybridized carbons (Fsp3) is 0.174. The molecule has 0 bridgehead atoms. The van der Waals surface area contributed by atoms with E-state index in [4.69, 9.17) is 0 Å². The predicted octanol–water partition coefficient (Wildman–Crippen LogP) is 5.51. The summed E-state index contributed by atoms with van der Waals surface area (Å²) in [6.07, 6.45) is 0. The molecule has 0 unspecified atom stereocenters. The number of amides is 1. The van der Waals surface area contributed by atoms with E-state index in [1.165, 1.54) is 16.0 Å². The SMILES string of the molecule is C[C@@H](CNC(=O)c1ccc(CSc2ccccc2)cc1)c1ccccc1. The lowest BCUT2D eigenvalue weighted by Crippen LogP contribution is -2.27. The Balaban J connectivity index is 1.50. The summed E-state index contributed by atoms with van der Waals surface area (Å²) >= 11 is 1.80. The minimum atomic E-state index is -0.0185. The highest BCUT2D eigenvalue weighted by molar-refractivity contribution is 7.98. The van der Waals surface area contributed by atoms with E-state index in [-0.39, 0.29) is 5.91 Å². The van der Waals surface area contributed by atoms with Crippen LogP contribution in [0, 0.1) is 0 Å². The summed E-state index contributed by atoms with van der Waals surface area (Å²) in [6.45, 7) is 2.76. The van der Waals surface area contributed by atoms with Gasteiger partial charge in [0.25, 0.3) is 5.91 Å². The second-order valence-electron chi connectivity index (χ2n) is 6.32. The highest BCUT2D eigenvalue weighted by Gasteiger charge is 2.09. The number of nitrogens with one attached hydrogen (secondary N) is 1. The van der Waals surface area contributed by atoms with Crippen LogP contribution in [0.5, 0.6) is 0 Å². The smallest absolute Gasteiger partial charge is 0.251 e. The molecule has 0 aliphatic heterocycles. The molecule has 1 atom stereocenters. The lowest BCUT2D eigenvalue weighted by atomic mass is 10.0. The third-order valence-corrected chi connectivity index (χ3v) is 5.39. The Morgan fingerprint density at radius 2 is 1.50 bits per heavy atom. The number of hydrogen-bond donors (Lipinski definition) is 1. The van der Waals surface area contributed by atoms with Crippen molar-refractivity contribution in [3.63, 3.8) is 0 Å². The predicted molar refractivity (Wildman–Crippen MR) is 110 cm³/mol. The summed E-state index contributed by atoms with van der Waals surface area (Å²) in [5.74, 6) is 1.17. The third kappa shape index (κ3) is 5.24. The molecule has 0 radical (unpaired) electrons. The molecule has 0 spiro atoms. The van der Waals surface area contributed by atoms with Gasteiger partial charge in [-0.3, -0.25) is 4.79 Å². The van der Waals surface area contributed by atoms with E-state index in [0.29, 0.717) is 18.0 Å². The van der Waals surface area contributed by atoms with Crippen LogP contribution in [0.15, 0.2) is 89.8 Å². The van der Waals surface area contributed by atoms with Crippen LogP contribution in [0.1, 0.15) is 34.3 Å². The van der Waals surface area contributed by atoms with E-state index in [1.54, 1.807) is 11.8 Å². The third-order valence-electron chi connectivity index (χ3n) is 4.30. The molecular weight excluding hydrogens is 338 g/mol. The van der Waals surface area contributed by atoms with E-state index in [9.17, 15) is 4.79 Å². The monoisotopic (exact) mass is 361 g/mol. The van der Waals surface area contributed by atoms with Crippen molar-refractivity contribution >= 4 is 17.7 Å². The molecule has 0 heterocycles. The number of thioether (sulfide) groups is 1. The zero-order valence-electron chi connectivity index (χ0n) is 14.9. The van der Waals surface area contributed by atoms with Gasteiger partial charge in [0.05, 0.1) is 0 Å². The van der Waals surface area contributed by atoms with Crippen molar-refractivity contribution in [3.05, 3.63) is 102 Å². The van der Waals surface area contributed by atoms with Crippen LogP contribution in [0.25, 0.3) is 0 Å². The molecule has 132 valence electrons. The summed E-state index contributed by atoms with van der Waals surface area (Å²) in [7, 11) is 0. The van der Waals surface area contributed by atoms with Crippen molar-refractivity contribution in [3.8, 4) is 0 Å². The highest BCUT2D eigenvalue weighted by Crippen LogP contribution is 2.22. The molecule has 3 rings (SSSR count). The molecule has 3 heteroatoms. The normalized spacial score (nSPS) is 11.7. The van der Waals surface area contributed by atoms with Crippen molar-refractivity contribution in [2.75, 3.05) is 6.54 Å². The fourth-order valence-corrected chi connectivity index (χ4v) is 3.56. The van der Waals surface area contributed by atoms with Gasteiger partial charge in [-0.05, 0) is 41.3 Å². The van der Waals surface area contributed by atoms with Crippen molar-refractivity contribution in [2.24, 2.45) is 0 Å². The maximum Gasteiger partial charge on any atom is 0.251 e. The molecule has 0 fully saturated rings. The summed E-state index contributed by atoms with van der Waals surface area (Å²) < 4.78 is 0. The Kier molecular flexibility index (Phi) is 6.50. The lowest BCUT2D eigenvalue weighted by Gasteiger charge is -2.13. The molecule has 0 saturated heterocycles. The van der Waals surface area contributed by atoms with Crippen LogP contribution in [0.3, 0.4) is 0 Å². The van der Waals surface area contributed by atoms with E-state index < -0.39 is 0 Å². The standard InChI is InChI=1S/C23H23NOS/c1-18(20-8-4-2-5-9-20)16-24-23(25)21-14-12-19(13-15-21)17-26-22-10-6-3-7-11-22/h2-15,18H,16-17H2,1H3,(H,24,25)/t18-/m0/s1. The second-order valence-corrected chi connectivity index (χ2v) is 7.37. The second kappa shape index (κ2) is 9.25. The van der Waals surface area contributed by atoms with Crippen LogP contribution in [0.2, 0.25) is 0 Å². The maximum atomic E-state index is 12.4. The number of rotatable bonds is 7. The van der Waals surface area contributed by atoms with Gasteiger partial charge < -0.3 is 5.32 Å². The first kappa shape index (κ1) is 18.3. The van der Waals surface area contributed by atoms with Gasteiger partial charge in [0.1, 0.15) is 0 Å². The minimum Gasteiger partial charge on any atom is -0.351 e. The van der Waals surface area contributed by atoms with Gasteiger partial charge in [-0.2, -0.15) is 0 Å². The maximum absolute atomic E-state index is 12.4. The molecule has 1 amide bonds. The van der Waals surface area contributed by atoms with Gasteiger partial charge in [-0.1, -0.05) is 67.6 Å². The Hall–Kier alpha value is -2.52. The van der Waals surface area contributed by atoms with Crippen LogP contribution in [-0.4, -0.2) is 12.5 Å². The number of carbonyl (C=O) groups is 1.